The molecule has 1 heterocycles. The zero-order valence-corrected chi connectivity index (χ0v) is 20.2. The van der Waals surface area contributed by atoms with Crippen LogP contribution in [0.2, 0.25) is 0 Å². The molecule has 7 heteroatoms. The standard InChI is InChI=1S/C26H32N2O5/c1-16(2)33-13-7-12-28-25(29)23(20-10-8-17(3)14-18(20)4)24(26(28)30)27-19-9-11-21(31-5)22(15-19)32-6/h8-11,14-16,27H,7,12-13H2,1-6H3. The van der Waals surface area contributed by atoms with Crippen molar-refractivity contribution in [2.24, 2.45) is 0 Å². The molecule has 0 saturated heterocycles. The maximum absolute atomic E-state index is 13.4. The predicted molar refractivity (Wildman–Crippen MR) is 128 cm³/mol. The molecule has 0 aliphatic carbocycles. The normalized spacial score (nSPS) is 13.8. The monoisotopic (exact) mass is 452 g/mol. The zero-order chi connectivity index (χ0) is 24.1. The maximum Gasteiger partial charge on any atom is 0.278 e. The third-order valence-electron chi connectivity index (χ3n) is 5.45. The van der Waals surface area contributed by atoms with Crippen molar-refractivity contribution in [3.8, 4) is 11.5 Å². The third kappa shape index (κ3) is 5.37. The number of carbonyl (C=O) groups is 2. The van der Waals surface area contributed by atoms with E-state index in [0.717, 1.165) is 16.7 Å². The van der Waals surface area contributed by atoms with E-state index in [4.69, 9.17) is 14.2 Å². The summed E-state index contributed by atoms with van der Waals surface area (Å²) in [4.78, 5) is 28.1. The number of aryl methyl sites for hydroxylation is 2. The molecule has 176 valence electrons. The van der Waals surface area contributed by atoms with Gasteiger partial charge in [-0.1, -0.05) is 23.8 Å². The molecule has 0 fully saturated rings. The van der Waals surface area contributed by atoms with Crippen molar-refractivity contribution in [1.29, 1.82) is 0 Å². The van der Waals surface area contributed by atoms with Gasteiger partial charge in [0.1, 0.15) is 5.70 Å². The summed E-state index contributed by atoms with van der Waals surface area (Å²) in [5, 5.41) is 3.18. The highest BCUT2D eigenvalue weighted by atomic mass is 16.5. The number of ether oxygens (including phenoxy) is 3. The van der Waals surface area contributed by atoms with Gasteiger partial charge in [0.2, 0.25) is 0 Å². The van der Waals surface area contributed by atoms with E-state index in [0.29, 0.717) is 35.8 Å². The minimum Gasteiger partial charge on any atom is -0.493 e. The van der Waals surface area contributed by atoms with Crippen LogP contribution in [-0.2, 0) is 14.3 Å². The van der Waals surface area contributed by atoms with Crippen molar-refractivity contribution in [2.75, 3.05) is 32.7 Å². The smallest absolute Gasteiger partial charge is 0.278 e. The molecule has 2 amide bonds. The molecule has 0 spiro atoms. The van der Waals surface area contributed by atoms with Crippen LogP contribution in [0.15, 0.2) is 42.1 Å². The fourth-order valence-corrected chi connectivity index (χ4v) is 3.84. The minimum atomic E-state index is -0.352. The van der Waals surface area contributed by atoms with E-state index in [9.17, 15) is 9.59 Å². The molecule has 0 aromatic heterocycles. The van der Waals surface area contributed by atoms with Gasteiger partial charge in [0.05, 0.1) is 25.9 Å². The molecule has 0 unspecified atom stereocenters. The number of nitrogens with one attached hydrogen (secondary N) is 1. The third-order valence-corrected chi connectivity index (χ3v) is 5.45. The molecule has 33 heavy (non-hydrogen) atoms. The minimum absolute atomic E-state index is 0.0983. The molecule has 0 saturated carbocycles. The Labute approximate surface area is 195 Å². The van der Waals surface area contributed by atoms with Crippen molar-refractivity contribution in [1.82, 2.24) is 4.90 Å². The Balaban J connectivity index is 1.98. The summed E-state index contributed by atoms with van der Waals surface area (Å²) in [6, 6.07) is 11.1. The molecule has 2 aromatic rings. The van der Waals surface area contributed by atoms with E-state index < -0.39 is 0 Å². The van der Waals surface area contributed by atoms with Gasteiger partial charge in [0, 0.05) is 24.9 Å². The molecule has 1 aliphatic heterocycles. The Morgan fingerprint density at radius 1 is 0.939 bits per heavy atom. The van der Waals surface area contributed by atoms with Gasteiger partial charge in [-0.3, -0.25) is 14.5 Å². The SMILES string of the molecule is COc1ccc(NC2=C(c3ccc(C)cc3C)C(=O)N(CCCOC(C)C)C2=O)cc1OC. The summed E-state index contributed by atoms with van der Waals surface area (Å²) < 4.78 is 16.3. The van der Waals surface area contributed by atoms with Gasteiger partial charge in [-0.05, 0) is 57.4 Å². The molecule has 1 aliphatic rings. The molecule has 0 radical (unpaired) electrons. The number of methoxy groups -OCH3 is 2. The van der Waals surface area contributed by atoms with Gasteiger partial charge in [-0.2, -0.15) is 0 Å². The average molecular weight is 453 g/mol. The van der Waals surface area contributed by atoms with Crippen molar-refractivity contribution in [3.63, 3.8) is 0 Å². The van der Waals surface area contributed by atoms with E-state index >= 15 is 0 Å². The second-order valence-electron chi connectivity index (χ2n) is 8.30. The fraction of sp³-hybridized carbons (Fsp3) is 0.385. The van der Waals surface area contributed by atoms with E-state index in [1.807, 2.05) is 45.9 Å². The Kier molecular flexibility index (Phi) is 7.76. The van der Waals surface area contributed by atoms with Gasteiger partial charge in [0.25, 0.3) is 11.8 Å². The van der Waals surface area contributed by atoms with Crippen LogP contribution in [0.1, 0.15) is 37.0 Å². The number of rotatable bonds is 10. The van der Waals surface area contributed by atoms with Gasteiger partial charge in [-0.25, -0.2) is 0 Å². The largest absolute Gasteiger partial charge is 0.493 e. The van der Waals surface area contributed by atoms with Crippen molar-refractivity contribution >= 4 is 23.1 Å². The lowest BCUT2D eigenvalue weighted by molar-refractivity contribution is -0.137. The highest BCUT2D eigenvalue weighted by Gasteiger charge is 2.39. The fourth-order valence-electron chi connectivity index (χ4n) is 3.84. The quantitative estimate of drug-likeness (QED) is 0.427. The number of imide groups is 1. The van der Waals surface area contributed by atoms with Gasteiger partial charge in [-0.15, -0.1) is 0 Å². The number of amides is 2. The predicted octanol–water partition coefficient (Wildman–Crippen LogP) is 4.33. The van der Waals surface area contributed by atoms with E-state index in [2.05, 4.69) is 5.32 Å². The van der Waals surface area contributed by atoms with Gasteiger partial charge >= 0.3 is 0 Å². The van der Waals surface area contributed by atoms with Crippen LogP contribution in [0.5, 0.6) is 11.5 Å². The number of benzene rings is 2. The van der Waals surface area contributed by atoms with Crippen LogP contribution in [-0.4, -0.2) is 50.2 Å². The highest BCUT2D eigenvalue weighted by Crippen LogP contribution is 2.35. The lowest BCUT2D eigenvalue weighted by Gasteiger charge is -2.16. The Morgan fingerprint density at radius 3 is 2.30 bits per heavy atom. The lowest BCUT2D eigenvalue weighted by Crippen LogP contribution is -2.34. The molecule has 0 atom stereocenters. The topological polar surface area (TPSA) is 77.1 Å². The highest BCUT2D eigenvalue weighted by molar-refractivity contribution is 6.36. The van der Waals surface area contributed by atoms with Gasteiger partial charge in [0.15, 0.2) is 11.5 Å². The Bertz CT molecular complexity index is 1070. The van der Waals surface area contributed by atoms with Crippen LogP contribution in [0.4, 0.5) is 5.69 Å². The second-order valence-corrected chi connectivity index (χ2v) is 8.30. The summed E-state index contributed by atoms with van der Waals surface area (Å²) in [5.41, 5.74) is 4.01. The van der Waals surface area contributed by atoms with E-state index in [1.165, 1.54) is 4.90 Å². The number of hydrogen-bond acceptors (Lipinski definition) is 6. The first-order chi connectivity index (χ1) is 15.8. The first-order valence-electron chi connectivity index (χ1n) is 11.1. The summed E-state index contributed by atoms with van der Waals surface area (Å²) in [6.45, 7) is 8.62. The molecule has 2 aromatic carbocycles. The van der Waals surface area contributed by atoms with E-state index in [1.54, 1.807) is 32.4 Å². The molecule has 0 bridgehead atoms. The van der Waals surface area contributed by atoms with Crippen molar-refractivity contribution in [3.05, 3.63) is 58.8 Å². The van der Waals surface area contributed by atoms with Crippen LogP contribution in [0, 0.1) is 13.8 Å². The average Bonchev–Trinajstić information content (AvgIpc) is 3.00. The number of carbonyl (C=O) groups excluding carboxylic acids is 2. The number of hydrogen-bond donors (Lipinski definition) is 1. The van der Waals surface area contributed by atoms with Crippen LogP contribution in [0.3, 0.4) is 0 Å². The molecule has 7 nitrogen and oxygen atoms in total. The number of nitrogens with zero attached hydrogens (tertiary/aromatic N) is 1. The van der Waals surface area contributed by atoms with Gasteiger partial charge < -0.3 is 19.5 Å². The molecule has 3 rings (SSSR count). The zero-order valence-electron chi connectivity index (χ0n) is 20.2. The maximum atomic E-state index is 13.4. The second kappa shape index (κ2) is 10.5. The van der Waals surface area contributed by atoms with Crippen LogP contribution in [0.25, 0.3) is 5.57 Å². The van der Waals surface area contributed by atoms with Crippen molar-refractivity contribution < 1.29 is 23.8 Å². The van der Waals surface area contributed by atoms with Crippen LogP contribution < -0.4 is 14.8 Å². The lowest BCUT2D eigenvalue weighted by atomic mass is 9.97. The summed E-state index contributed by atoms with van der Waals surface area (Å²) in [6.07, 6.45) is 0.667. The Hall–Kier alpha value is -3.32. The summed E-state index contributed by atoms with van der Waals surface area (Å²) in [7, 11) is 3.11. The Morgan fingerprint density at radius 2 is 1.67 bits per heavy atom. The first-order valence-corrected chi connectivity index (χ1v) is 11.1. The first kappa shape index (κ1) is 24.3. The van der Waals surface area contributed by atoms with Crippen molar-refractivity contribution in [2.45, 2.75) is 40.2 Å². The molecular weight excluding hydrogens is 420 g/mol. The summed E-state index contributed by atoms with van der Waals surface area (Å²) >= 11 is 0. The molecular formula is C26H32N2O5. The van der Waals surface area contributed by atoms with Crippen LogP contribution >= 0.6 is 0 Å². The van der Waals surface area contributed by atoms with E-state index in [-0.39, 0.29) is 30.2 Å². The number of anilines is 1. The molecule has 1 N–H and O–H groups in total. The summed E-state index contributed by atoms with van der Waals surface area (Å²) in [5.74, 6) is 0.441.